The van der Waals surface area contributed by atoms with E-state index in [1.807, 2.05) is 38.1 Å². The zero-order valence-corrected chi connectivity index (χ0v) is 15.1. The van der Waals surface area contributed by atoms with Gasteiger partial charge in [0.2, 0.25) is 5.91 Å². The van der Waals surface area contributed by atoms with Gasteiger partial charge in [0.05, 0.1) is 7.11 Å². The number of ether oxygens (including phenoxy) is 1. The molecule has 1 aliphatic heterocycles. The first kappa shape index (κ1) is 18.8. The van der Waals surface area contributed by atoms with E-state index in [0.717, 1.165) is 16.2 Å². The van der Waals surface area contributed by atoms with Crippen LogP contribution in [0.3, 0.4) is 0 Å². The highest BCUT2D eigenvalue weighted by atomic mass is 16.5. The van der Waals surface area contributed by atoms with E-state index in [0.29, 0.717) is 12.8 Å². The quantitative estimate of drug-likeness (QED) is 0.731. The summed E-state index contributed by atoms with van der Waals surface area (Å²) in [5.74, 6) is 0.0466. The molecule has 1 atom stereocenters. The Kier molecular flexibility index (Phi) is 5.66. The van der Waals surface area contributed by atoms with E-state index in [2.05, 4.69) is 10.6 Å². The van der Waals surface area contributed by atoms with Crippen molar-refractivity contribution in [3.63, 3.8) is 0 Å². The van der Waals surface area contributed by atoms with E-state index in [9.17, 15) is 14.4 Å². The molecule has 7 nitrogen and oxygen atoms in total. The predicted octanol–water partition coefficient (Wildman–Crippen LogP) is 1.46. The summed E-state index contributed by atoms with van der Waals surface area (Å²) in [5, 5.41) is 5.40. The molecule has 1 heterocycles. The summed E-state index contributed by atoms with van der Waals surface area (Å²) < 4.78 is 5.12. The minimum Gasteiger partial charge on any atom is -0.497 e. The number of carbonyl (C=O) groups excluding carboxylic acids is 3. The van der Waals surface area contributed by atoms with Gasteiger partial charge < -0.3 is 15.4 Å². The molecule has 0 unspecified atom stereocenters. The van der Waals surface area contributed by atoms with Gasteiger partial charge in [0.25, 0.3) is 5.91 Å². The van der Waals surface area contributed by atoms with Crippen LogP contribution in [0.4, 0.5) is 4.79 Å². The second kappa shape index (κ2) is 7.55. The van der Waals surface area contributed by atoms with Crippen molar-refractivity contribution in [2.45, 2.75) is 45.2 Å². The lowest BCUT2D eigenvalue weighted by Gasteiger charge is -2.21. The van der Waals surface area contributed by atoms with Crippen LogP contribution in [-0.2, 0) is 16.0 Å². The third-order valence-electron chi connectivity index (χ3n) is 4.17. The van der Waals surface area contributed by atoms with E-state index in [1.165, 1.54) is 0 Å². The van der Waals surface area contributed by atoms with Crippen LogP contribution in [0, 0.1) is 0 Å². The largest absolute Gasteiger partial charge is 0.497 e. The molecule has 0 radical (unpaired) electrons. The van der Waals surface area contributed by atoms with Crippen LogP contribution in [0.15, 0.2) is 24.3 Å². The number of amides is 4. The van der Waals surface area contributed by atoms with E-state index < -0.39 is 11.6 Å². The number of benzene rings is 1. The van der Waals surface area contributed by atoms with Crippen molar-refractivity contribution in [2.24, 2.45) is 0 Å². The number of nitrogens with zero attached hydrogens (tertiary/aromatic N) is 1. The standard InChI is InChI=1S/C18H25N3O4/c1-12(2)19-15(22)11-21-16(23)18(3,20-17(21)24)10-9-13-5-7-14(25-4)8-6-13/h5-8,12H,9-11H2,1-4H3,(H,19,22)(H,20,24)/t18-/m0/s1. The number of aryl methyl sites for hydroxylation is 1. The summed E-state index contributed by atoms with van der Waals surface area (Å²) in [6.45, 7) is 5.07. The third-order valence-corrected chi connectivity index (χ3v) is 4.17. The molecule has 2 N–H and O–H groups in total. The fraction of sp³-hybridized carbons (Fsp3) is 0.500. The molecule has 4 amide bonds. The molecular formula is C18H25N3O4. The maximum absolute atomic E-state index is 12.6. The molecule has 1 aromatic rings. The molecule has 0 aromatic heterocycles. The SMILES string of the molecule is COc1ccc(CC[C@]2(C)NC(=O)N(CC(=O)NC(C)C)C2=O)cc1. The molecule has 1 aromatic carbocycles. The van der Waals surface area contributed by atoms with Crippen molar-refractivity contribution in [3.8, 4) is 5.75 Å². The van der Waals surface area contributed by atoms with Crippen molar-refractivity contribution in [1.29, 1.82) is 0 Å². The van der Waals surface area contributed by atoms with Crippen LogP contribution >= 0.6 is 0 Å². The van der Waals surface area contributed by atoms with Crippen LogP contribution < -0.4 is 15.4 Å². The van der Waals surface area contributed by atoms with Crippen molar-refractivity contribution < 1.29 is 19.1 Å². The molecule has 1 aliphatic rings. The molecule has 136 valence electrons. The van der Waals surface area contributed by atoms with Crippen LogP contribution in [0.25, 0.3) is 0 Å². The van der Waals surface area contributed by atoms with Gasteiger partial charge in [-0.15, -0.1) is 0 Å². The Balaban J connectivity index is 1.99. The first-order chi connectivity index (χ1) is 11.7. The van der Waals surface area contributed by atoms with Gasteiger partial charge in [0, 0.05) is 6.04 Å². The lowest BCUT2D eigenvalue weighted by atomic mass is 9.93. The van der Waals surface area contributed by atoms with Crippen molar-refractivity contribution >= 4 is 17.8 Å². The summed E-state index contributed by atoms with van der Waals surface area (Å²) in [5.41, 5.74) is 0.0369. The van der Waals surface area contributed by atoms with Crippen molar-refractivity contribution in [1.82, 2.24) is 15.5 Å². The van der Waals surface area contributed by atoms with Gasteiger partial charge >= 0.3 is 6.03 Å². The number of methoxy groups -OCH3 is 1. The van der Waals surface area contributed by atoms with Gasteiger partial charge in [0.1, 0.15) is 17.8 Å². The maximum atomic E-state index is 12.6. The average molecular weight is 347 g/mol. The van der Waals surface area contributed by atoms with Gasteiger partial charge in [-0.05, 0) is 51.3 Å². The number of carbonyl (C=O) groups is 3. The molecular weight excluding hydrogens is 322 g/mol. The average Bonchev–Trinajstić information content (AvgIpc) is 2.76. The van der Waals surface area contributed by atoms with E-state index in [1.54, 1.807) is 14.0 Å². The summed E-state index contributed by atoms with van der Waals surface area (Å²) in [6.07, 6.45) is 1.07. The van der Waals surface area contributed by atoms with E-state index in [-0.39, 0.29) is 24.4 Å². The molecule has 1 fully saturated rings. The molecule has 7 heteroatoms. The Labute approximate surface area is 147 Å². The fourth-order valence-electron chi connectivity index (χ4n) is 2.76. The zero-order chi connectivity index (χ0) is 18.6. The Morgan fingerprint density at radius 2 is 1.92 bits per heavy atom. The molecule has 1 saturated heterocycles. The highest BCUT2D eigenvalue weighted by Gasteiger charge is 2.47. The van der Waals surface area contributed by atoms with Gasteiger partial charge in [0.15, 0.2) is 0 Å². The minimum absolute atomic E-state index is 0.0466. The van der Waals surface area contributed by atoms with Crippen molar-refractivity contribution in [2.75, 3.05) is 13.7 Å². The second-order valence-electron chi connectivity index (χ2n) is 6.72. The van der Waals surface area contributed by atoms with E-state index >= 15 is 0 Å². The summed E-state index contributed by atoms with van der Waals surface area (Å²) in [7, 11) is 1.60. The van der Waals surface area contributed by atoms with Gasteiger partial charge in [-0.1, -0.05) is 12.1 Å². The molecule has 25 heavy (non-hydrogen) atoms. The Bertz CT molecular complexity index is 657. The monoisotopic (exact) mass is 347 g/mol. The Hall–Kier alpha value is -2.57. The molecule has 0 spiro atoms. The van der Waals surface area contributed by atoms with Gasteiger partial charge in [-0.2, -0.15) is 0 Å². The lowest BCUT2D eigenvalue weighted by molar-refractivity contribution is -0.134. The van der Waals surface area contributed by atoms with Gasteiger partial charge in [-0.3, -0.25) is 14.5 Å². The topological polar surface area (TPSA) is 87.7 Å². The molecule has 0 saturated carbocycles. The number of imide groups is 1. The smallest absolute Gasteiger partial charge is 0.325 e. The lowest BCUT2D eigenvalue weighted by Crippen LogP contribution is -2.46. The zero-order valence-electron chi connectivity index (χ0n) is 15.1. The fourth-order valence-corrected chi connectivity index (χ4v) is 2.76. The highest BCUT2D eigenvalue weighted by Crippen LogP contribution is 2.23. The minimum atomic E-state index is -1.00. The van der Waals surface area contributed by atoms with Crippen LogP contribution in [0.1, 0.15) is 32.8 Å². The van der Waals surface area contributed by atoms with Gasteiger partial charge in [-0.25, -0.2) is 4.79 Å². The highest BCUT2D eigenvalue weighted by molar-refractivity contribution is 6.08. The third kappa shape index (κ3) is 4.49. The van der Waals surface area contributed by atoms with Crippen LogP contribution in [0.2, 0.25) is 0 Å². The summed E-state index contributed by atoms with van der Waals surface area (Å²) in [4.78, 5) is 37.6. The van der Waals surface area contributed by atoms with Crippen molar-refractivity contribution in [3.05, 3.63) is 29.8 Å². The van der Waals surface area contributed by atoms with E-state index in [4.69, 9.17) is 4.74 Å². The second-order valence-corrected chi connectivity index (χ2v) is 6.72. The normalized spacial score (nSPS) is 20.0. The number of rotatable bonds is 7. The predicted molar refractivity (Wildman–Crippen MR) is 93.2 cm³/mol. The number of nitrogens with one attached hydrogen (secondary N) is 2. The number of urea groups is 1. The first-order valence-electron chi connectivity index (χ1n) is 8.31. The Morgan fingerprint density at radius 1 is 1.28 bits per heavy atom. The number of hydrogen-bond donors (Lipinski definition) is 2. The summed E-state index contributed by atoms with van der Waals surface area (Å²) >= 11 is 0. The van der Waals surface area contributed by atoms with Crippen LogP contribution in [-0.4, -0.2) is 48.0 Å². The first-order valence-corrected chi connectivity index (χ1v) is 8.31. The Morgan fingerprint density at radius 3 is 2.48 bits per heavy atom. The maximum Gasteiger partial charge on any atom is 0.325 e. The van der Waals surface area contributed by atoms with Crippen LogP contribution in [0.5, 0.6) is 5.75 Å². The molecule has 0 bridgehead atoms. The number of hydrogen-bond acceptors (Lipinski definition) is 4. The summed E-state index contributed by atoms with van der Waals surface area (Å²) in [6, 6.07) is 7.00. The molecule has 0 aliphatic carbocycles. The molecule has 2 rings (SSSR count).